The Bertz CT molecular complexity index is 766. The molecule has 1 heterocycles. The minimum atomic E-state index is -0.295. The van der Waals surface area contributed by atoms with E-state index in [2.05, 4.69) is 0 Å². The van der Waals surface area contributed by atoms with Gasteiger partial charge in [0.2, 0.25) is 0 Å². The van der Waals surface area contributed by atoms with Crippen LogP contribution in [0.1, 0.15) is 11.1 Å². The predicted octanol–water partition coefficient (Wildman–Crippen LogP) is 3.97. The molecule has 0 spiro atoms. The molecular weight excluding hydrogens is 277 g/mol. The molecule has 0 amide bonds. The molecule has 1 N–H and O–H groups in total. The van der Waals surface area contributed by atoms with Crippen LogP contribution in [0.25, 0.3) is 10.9 Å². The highest BCUT2D eigenvalue weighted by molar-refractivity contribution is 6.31. The number of nitrogens with zero attached hydrogens (tertiary/aromatic N) is 1. The van der Waals surface area contributed by atoms with E-state index >= 15 is 0 Å². The summed E-state index contributed by atoms with van der Waals surface area (Å²) in [7, 11) is 0. The van der Waals surface area contributed by atoms with E-state index in [-0.39, 0.29) is 12.4 Å². The standard InChI is InChI=1S/C16H13ClFNO/c17-15-4-3-14(18)8-13(15)9-19-6-5-12-2-1-11(10-20)7-16(12)19/h1-8,20H,9-10H2. The molecule has 2 nitrogen and oxygen atoms in total. The van der Waals surface area contributed by atoms with Crippen LogP contribution in [0.4, 0.5) is 4.39 Å². The van der Waals surface area contributed by atoms with E-state index in [4.69, 9.17) is 11.6 Å². The first kappa shape index (κ1) is 13.2. The van der Waals surface area contributed by atoms with Gasteiger partial charge in [-0.15, -0.1) is 0 Å². The van der Waals surface area contributed by atoms with Gasteiger partial charge in [-0.25, -0.2) is 4.39 Å². The molecule has 3 aromatic rings. The molecule has 0 unspecified atom stereocenters. The average Bonchev–Trinajstić information content (AvgIpc) is 2.85. The van der Waals surface area contributed by atoms with Crippen molar-refractivity contribution >= 4 is 22.5 Å². The van der Waals surface area contributed by atoms with Crippen molar-refractivity contribution in [2.75, 3.05) is 0 Å². The van der Waals surface area contributed by atoms with Crippen LogP contribution in [0.2, 0.25) is 5.02 Å². The molecular formula is C16H13ClFNO. The molecule has 102 valence electrons. The molecule has 3 rings (SSSR count). The third-order valence-electron chi connectivity index (χ3n) is 3.37. The first-order chi connectivity index (χ1) is 9.67. The minimum Gasteiger partial charge on any atom is -0.392 e. The number of hydrogen-bond acceptors (Lipinski definition) is 1. The zero-order valence-electron chi connectivity index (χ0n) is 10.7. The van der Waals surface area contributed by atoms with Crippen LogP contribution >= 0.6 is 11.6 Å². The van der Waals surface area contributed by atoms with Crippen LogP contribution < -0.4 is 0 Å². The molecule has 0 aliphatic heterocycles. The second-order valence-corrected chi connectivity index (χ2v) is 5.14. The maximum Gasteiger partial charge on any atom is 0.123 e. The Labute approximate surface area is 121 Å². The number of aliphatic hydroxyl groups is 1. The highest BCUT2D eigenvalue weighted by atomic mass is 35.5. The quantitative estimate of drug-likeness (QED) is 0.775. The Hall–Kier alpha value is -1.84. The van der Waals surface area contributed by atoms with Gasteiger partial charge < -0.3 is 9.67 Å². The summed E-state index contributed by atoms with van der Waals surface area (Å²) in [4.78, 5) is 0. The molecule has 0 saturated heterocycles. The third kappa shape index (κ3) is 2.42. The summed E-state index contributed by atoms with van der Waals surface area (Å²) in [6.07, 6.45) is 1.94. The number of benzene rings is 2. The Balaban J connectivity index is 2.04. The molecule has 0 saturated carbocycles. The van der Waals surface area contributed by atoms with E-state index in [1.165, 1.54) is 12.1 Å². The van der Waals surface area contributed by atoms with Gasteiger partial charge in [-0.2, -0.15) is 0 Å². The van der Waals surface area contributed by atoms with Gasteiger partial charge in [-0.3, -0.25) is 0 Å². The number of halogens is 2. The number of rotatable bonds is 3. The molecule has 0 aliphatic carbocycles. The van der Waals surface area contributed by atoms with Gasteiger partial charge >= 0.3 is 0 Å². The van der Waals surface area contributed by atoms with E-state index in [1.807, 2.05) is 35.0 Å². The molecule has 0 aliphatic rings. The predicted molar refractivity (Wildman–Crippen MR) is 78.4 cm³/mol. The fraction of sp³-hybridized carbons (Fsp3) is 0.125. The molecule has 0 atom stereocenters. The van der Waals surface area contributed by atoms with E-state index in [9.17, 15) is 9.50 Å². The summed E-state index contributed by atoms with van der Waals surface area (Å²) in [6.45, 7) is 0.497. The number of fused-ring (bicyclic) bond motifs is 1. The van der Waals surface area contributed by atoms with Gasteiger partial charge in [0, 0.05) is 23.3 Å². The Morgan fingerprint density at radius 2 is 1.95 bits per heavy atom. The van der Waals surface area contributed by atoms with Gasteiger partial charge in [0.15, 0.2) is 0 Å². The lowest BCUT2D eigenvalue weighted by atomic mass is 10.1. The fourth-order valence-electron chi connectivity index (χ4n) is 2.31. The number of hydrogen-bond donors (Lipinski definition) is 1. The Morgan fingerprint density at radius 1 is 1.10 bits per heavy atom. The molecule has 0 radical (unpaired) electrons. The van der Waals surface area contributed by atoms with E-state index in [1.54, 1.807) is 6.07 Å². The summed E-state index contributed by atoms with van der Waals surface area (Å²) in [5.74, 6) is -0.295. The number of aromatic nitrogens is 1. The first-order valence-electron chi connectivity index (χ1n) is 6.30. The van der Waals surface area contributed by atoms with E-state index in [0.717, 1.165) is 22.0 Å². The van der Waals surface area contributed by atoms with Crippen LogP contribution in [0.15, 0.2) is 48.7 Å². The summed E-state index contributed by atoms with van der Waals surface area (Å²) in [6, 6.07) is 12.1. The van der Waals surface area contributed by atoms with Crippen LogP contribution in [-0.4, -0.2) is 9.67 Å². The SMILES string of the molecule is OCc1ccc2ccn(Cc3cc(F)ccc3Cl)c2c1. The summed E-state index contributed by atoms with van der Waals surface area (Å²) in [5.41, 5.74) is 2.58. The Kier molecular flexibility index (Phi) is 3.47. The van der Waals surface area contributed by atoms with Crippen molar-refractivity contribution in [1.29, 1.82) is 0 Å². The lowest BCUT2D eigenvalue weighted by molar-refractivity contribution is 0.282. The average molecular weight is 290 g/mol. The molecule has 1 aromatic heterocycles. The summed E-state index contributed by atoms with van der Waals surface area (Å²) < 4.78 is 15.3. The van der Waals surface area contributed by atoms with Crippen LogP contribution in [0.3, 0.4) is 0 Å². The van der Waals surface area contributed by atoms with Gasteiger partial charge in [0.05, 0.1) is 6.61 Å². The van der Waals surface area contributed by atoms with Crippen molar-refractivity contribution in [3.63, 3.8) is 0 Å². The molecule has 2 aromatic carbocycles. The van der Waals surface area contributed by atoms with Crippen molar-refractivity contribution in [3.05, 3.63) is 70.6 Å². The third-order valence-corrected chi connectivity index (χ3v) is 3.74. The zero-order chi connectivity index (χ0) is 14.1. The molecule has 0 fully saturated rings. The van der Waals surface area contributed by atoms with Gasteiger partial charge in [0.25, 0.3) is 0 Å². The highest BCUT2D eigenvalue weighted by Gasteiger charge is 2.06. The van der Waals surface area contributed by atoms with Crippen molar-refractivity contribution in [2.45, 2.75) is 13.2 Å². The zero-order valence-corrected chi connectivity index (χ0v) is 11.4. The fourth-order valence-corrected chi connectivity index (χ4v) is 2.49. The second-order valence-electron chi connectivity index (χ2n) is 4.73. The number of aliphatic hydroxyl groups excluding tert-OH is 1. The van der Waals surface area contributed by atoms with Crippen molar-refractivity contribution in [3.8, 4) is 0 Å². The smallest absolute Gasteiger partial charge is 0.123 e. The largest absolute Gasteiger partial charge is 0.392 e. The van der Waals surface area contributed by atoms with Gasteiger partial charge in [-0.05, 0) is 46.8 Å². The Morgan fingerprint density at radius 3 is 2.75 bits per heavy atom. The van der Waals surface area contributed by atoms with Crippen molar-refractivity contribution in [1.82, 2.24) is 4.57 Å². The topological polar surface area (TPSA) is 25.2 Å². The van der Waals surface area contributed by atoms with E-state index in [0.29, 0.717) is 11.6 Å². The minimum absolute atomic E-state index is 0.00183. The monoisotopic (exact) mass is 289 g/mol. The van der Waals surface area contributed by atoms with Crippen molar-refractivity contribution < 1.29 is 9.50 Å². The lowest BCUT2D eigenvalue weighted by Crippen LogP contribution is -1.99. The maximum atomic E-state index is 13.3. The second kappa shape index (κ2) is 5.27. The van der Waals surface area contributed by atoms with Crippen LogP contribution in [0.5, 0.6) is 0 Å². The summed E-state index contributed by atoms with van der Waals surface area (Å²) in [5, 5.41) is 10.8. The molecule has 4 heteroatoms. The van der Waals surface area contributed by atoms with Gasteiger partial charge in [-0.1, -0.05) is 23.7 Å². The van der Waals surface area contributed by atoms with Crippen molar-refractivity contribution in [2.24, 2.45) is 0 Å². The van der Waals surface area contributed by atoms with Crippen LogP contribution in [-0.2, 0) is 13.2 Å². The normalized spacial score (nSPS) is 11.2. The summed E-state index contributed by atoms with van der Waals surface area (Å²) >= 11 is 6.10. The van der Waals surface area contributed by atoms with Crippen LogP contribution in [0, 0.1) is 5.82 Å². The van der Waals surface area contributed by atoms with E-state index < -0.39 is 0 Å². The lowest BCUT2D eigenvalue weighted by Gasteiger charge is -2.08. The molecule has 0 bridgehead atoms. The molecule has 20 heavy (non-hydrogen) atoms. The maximum absolute atomic E-state index is 13.3. The highest BCUT2D eigenvalue weighted by Crippen LogP contribution is 2.22. The first-order valence-corrected chi connectivity index (χ1v) is 6.68. The van der Waals surface area contributed by atoms with Gasteiger partial charge in [0.1, 0.15) is 5.82 Å².